The fourth-order valence-electron chi connectivity index (χ4n) is 4.31. The van der Waals surface area contributed by atoms with Gasteiger partial charge in [-0.25, -0.2) is 4.79 Å². The molecule has 5 heteroatoms. The zero-order valence-corrected chi connectivity index (χ0v) is 21.7. The summed E-state index contributed by atoms with van der Waals surface area (Å²) in [5.74, 6) is 1.39. The molecule has 1 aliphatic heterocycles. The van der Waals surface area contributed by atoms with E-state index in [9.17, 15) is 4.79 Å². The number of hydrogen-bond acceptors (Lipinski definition) is 5. The molecule has 0 bridgehead atoms. The lowest BCUT2D eigenvalue weighted by Gasteiger charge is -2.30. The van der Waals surface area contributed by atoms with Crippen molar-refractivity contribution in [2.75, 3.05) is 19.8 Å². The summed E-state index contributed by atoms with van der Waals surface area (Å²) in [5, 5.41) is 0. The van der Waals surface area contributed by atoms with Gasteiger partial charge >= 0.3 is 5.97 Å². The summed E-state index contributed by atoms with van der Waals surface area (Å²) in [6.07, 6.45) is 10.5. The zero-order chi connectivity index (χ0) is 24.9. The molecule has 0 spiro atoms. The second kappa shape index (κ2) is 14.9. The third kappa shape index (κ3) is 8.97. The minimum absolute atomic E-state index is 0.375. The van der Waals surface area contributed by atoms with Gasteiger partial charge in [0, 0.05) is 11.5 Å². The van der Waals surface area contributed by atoms with E-state index in [4.69, 9.17) is 18.9 Å². The van der Waals surface area contributed by atoms with Crippen LogP contribution in [0.3, 0.4) is 0 Å². The second-order valence-corrected chi connectivity index (χ2v) is 9.56. The molecule has 1 aliphatic rings. The lowest BCUT2D eigenvalue weighted by molar-refractivity contribution is -0.206. The molecule has 0 radical (unpaired) electrons. The number of esters is 1. The predicted octanol–water partition coefficient (Wildman–Crippen LogP) is 7.81. The van der Waals surface area contributed by atoms with Crippen LogP contribution in [0.15, 0.2) is 42.5 Å². The van der Waals surface area contributed by atoms with Gasteiger partial charge in [-0.3, -0.25) is 0 Å². The highest BCUT2D eigenvalue weighted by Gasteiger charge is 2.24. The quantitative estimate of drug-likeness (QED) is 0.156. The normalized spacial score (nSPS) is 17.8. The maximum atomic E-state index is 12.8. The number of unbranched alkanes of at least 4 members (excludes halogenated alkanes) is 6. The van der Waals surface area contributed by atoms with Gasteiger partial charge in [0.2, 0.25) is 0 Å². The first-order valence-electron chi connectivity index (χ1n) is 13.4. The average molecular weight is 483 g/mol. The molecule has 0 unspecified atom stereocenters. The SMILES string of the molecule is CCCCCCCOc1ccc(OC(=O)c2ccc(C3OCC(CCCCC)CO3)cc2C)cc1. The molecule has 3 rings (SSSR count). The van der Waals surface area contributed by atoms with Crippen molar-refractivity contribution in [3.8, 4) is 11.5 Å². The summed E-state index contributed by atoms with van der Waals surface area (Å²) < 4.78 is 23.3. The number of aryl methyl sites for hydroxylation is 1. The van der Waals surface area contributed by atoms with Crippen LogP contribution in [0.4, 0.5) is 0 Å². The smallest absolute Gasteiger partial charge is 0.343 e. The summed E-state index contributed by atoms with van der Waals surface area (Å²) in [6, 6.07) is 12.9. The molecule has 192 valence electrons. The average Bonchev–Trinajstić information content (AvgIpc) is 2.87. The summed E-state index contributed by atoms with van der Waals surface area (Å²) in [4.78, 5) is 12.8. The molecule has 0 aliphatic carbocycles. The lowest BCUT2D eigenvalue weighted by Crippen LogP contribution is -2.27. The lowest BCUT2D eigenvalue weighted by atomic mass is 10.0. The maximum Gasteiger partial charge on any atom is 0.343 e. The Morgan fingerprint density at radius 3 is 2.20 bits per heavy atom. The van der Waals surface area contributed by atoms with Crippen LogP contribution >= 0.6 is 0 Å². The third-order valence-electron chi connectivity index (χ3n) is 6.48. The van der Waals surface area contributed by atoms with Gasteiger partial charge in [0.25, 0.3) is 0 Å². The Labute approximate surface area is 211 Å². The molecule has 0 saturated carbocycles. The first-order chi connectivity index (χ1) is 17.1. The van der Waals surface area contributed by atoms with E-state index >= 15 is 0 Å². The molecule has 1 saturated heterocycles. The molecule has 0 amide bonds. The molecule has 2 aromatic carbocycles. The Bertz CT molecular complexity index is 884. The molecular formula is C30H42O5. The topological polar surface area (TPSA) is 54.0 Å². The van der Waals surface area contributed by atoms with Crippen molar-refractivity contribution in [3.05, 3.63) is 59.2 Å². The Kier molecular flexibility index (Phi) is 11.6. The van der Waals surface area contributed by atoms with E-state index in [1.165, 1.54) is 44.9 Å². The standard InChI is InChI=1S/C30H42O5/c1-4-6-8-9-11-19-32-26-14-16-27(17-15-26)35-29(31)28-18-13-25(20-23(28)3)30-33-21-24(22-34-30)12-10-7-5-2/h13-18,20,24,30H,4-12,19,21-22H2,1-3H3. The molecule has 0 atom stereocenters. The summed E-state index contributed by atoms with van der Waals surface area (Å²) in [6.45, 7) is 8.49. The number of rotatable bonds is 14. The van der Waals surface area contributed by atoms with Gasteiger partial charge in [-0.2, -0.15) is 0 Å². The molecule has 5 nitrogen and oxygen atoms in total. The van der Waals surface area contributed by atoms with Gasteiger partial charge in [0.1, 0.15) is 11.5 Å². The first kappa shape index (κ1) is 27.2. The number of carbonyl (C=O) groups excluding carboxylic acids is 1. The molecule has 0 aromatic heterocycles. The van der Waals surface area contributed by atoms with E-state index in [1.54, 1.807) is 18.2 Å². The van der Waals surface area contributed by atoms with Gasteiger partial charge < -0.3 is 18.9 Å². The Morgan fingerprint density at radius 1 is 0.857 bits per heavy atom. The van der Waals surface area contributed by atoms with E-state index in [0.29, 0.717) is 23.8 Å². The fourth-order valence-corrected chi connectivity index (χ4v) is 4.31. The highest BCUT2D eigenvalue weighted by molar-refractivity contribution is 5.92. The molecule has 1 fully saturated rings. The third-order valence-corrected chi connectivity index (χ3v) is 6.48. The van der Waals surface area contributed by atoms with Gasteiger partial charge in [-0.15, -0.1) is 0 Å². The minimum atomic E-state index is -0.375. The highest BCUT2D eigenvalue weighted by Crippen LogP contribution is 2.29. The number of carbonyl (C=O) groups is 1. The number of benzene rings is 2. The molecule has 1 heterocycles. The summed E-state index contributed by atoms with van der Waals surface area (Å²) in [5.41, 5.74) is 2.31. The monoisotopic (exact) mass is 482 g/mol. The van der Waals surface area contributed by atoms with Crippen LogP contribution in [-0.2, 0) is 9.47 Å². The predicted molar refractivity (Wildman–Crippen MR) is 139 cm³/mol. The van der Waals surface area contributed by atoms with Crippen molar-refractivity contribution in [1.29, 1.82) is 0 Å². The van der Waals surface area contributed by atoms with E-state index < -0.39 is 0 Å². The molecule has 35 heavy (non-hydrogen) atoms. The molecule has 2 aromatic rings. The van der Waals surface area contributed by atoms with Gasteiger partial charge in [-0.1, -0.05) is 70.9 Å². The van der Waals surface area contributed by atoms with Crippen LogP contribution in [0, 0.1) is 12.8 Å². The number of ether oxygens (including phenoxy) is 4. The minimum Gasteiger partial charge on any atom is -0.494 e. The Morgan fingerprint density at radius 2 is 1.51 bits per heavy atom. The summed E-state index contributed by atoms with van der Waals surface area (Å²) >= 11 is 0. The fraction of sp³-hybridized carbons (Fsp3) is 0.567. The van der Waals surface area contributed by atoms with Crippen LogP contribution in [0.5, 0.6) is 11.5 Å². The van der Waals surface area contributed by atoms with Crippen molar-refractivity contribution in [2.24, 2.45) is 5.92 Å². The van der Waals surface area contributed by atoms with Gasteiger partial charge in [0.15, 0.2) is 6.29 Å². The van der Waals surface area contributed by atoms with Crippen LogP contribution in [0.25, 0.3) is 0 Å². The van der Waals surface area contributed by atoms with E-state index in [1.807, 2.05) is 31.2 Å². The van der Waals surface area contributed by atoms with Crippen LogP contribution in [0.1, 0.15) is 99.4 Å². The second-order valence-electron chi connectivity index (χ2n) is 9.56. The van der Waals surface area contributed by atoms with Crippen LogP contribution < -0.4 is 9.47 Å². The molecule has 0 N–H and O–H groups in total. The first-order valence-corrected chi connectivity index (χ1v) is 13.4. The summed E-state index contributed by atoms with van der Waals surface area (Å²) in [7, 11) is 0. The van der Waals surface area contributed by atoms with Crippen LogP contribution in [-0.4, -0.2) is 25.8 Å². The van der Waals surface area contributed by atoms with Gasteiger partial charge in [0.05, 0.1) is 25.4 Å². The van der Waals surface area contributed by atoms with Crippen molar-refractivity contribution in [3.63, 3.8) is 0 Å². The van der Waals surface area contributed by atoms with Crippen molar-refractivity contribution >= 4 is 5.97 Å². The van der Waals surface area contributed by atoms with Crippen molar-refractivity contribution in [2.45, 2.75) is 84.8 Å². The van der Waals surface area contributed by atoms with E-state index in [-0.39, 0.29) is 12.3 Å². The molecular weight excluding hydrogens is 440 g/mol. The zero-order valence-electron chi connectivity index (χ0n) is 21.7. The van der Waals surface area contributed by atoms with Crippen LogP contribution in [0.2, 0.25) is 0 Å². The van der Waals surface area contributed by atoms with E-state index in [2.05, 4.69) is 13.8 Å². The Hall–Kier alpha value is -2.37. The van der Waals surface area contributed by atoms with Crippen molar-refractivity contribution in [1.82, 2.24) is 0 Å². The van der Waals surface area contributed by atoms with Crippen molar-refractivity contribution < 1.29 is 23.7 Å². The Balaban J connectivity index is 1.46. The maximum absolute atomic E-state index is 12.8. The highest BCUT2D eigenvalue weighted by atomic mass is 16.7. The number of hydrogen-bond donors (Lipinski definition) is 0. The largest absolute Gasteiger partial charge is 0.494 e. The van der Waals surface area contributed by atoms with Gasteiger partial charge in [-0.05, 0) is 55.7 Å². The van der Waals surface area contributed by atoms with E-state index in [0.717, 1.165) is 42.9 Å².